The molecule has 1 aromatic heterocycles. The summed E-state index contributed by atoms with van der Waals surface area (Å²) in [6.45, 7) is 2.16. The smallest absolute Gasteiger partial charge is 0.213 e. The summed E-state index contributed by atoms with van der Waals surface area (Å²) in [5.74, 6) is 0.626. The van der Waals surface area contributed by atoms with E-state index in [1.54, 1.807) is 7.11 Å². The van der Waals surface area contributed by atoms with Crippen molar-refractivity contribution in [2.45, 2.75) is 31.8 Å². The van der Waals surface area contributed by atoms with Crippen molar-refractivity contribution in [3.63, 3.8) is 0 Å². The van der Waals surface area contributed by atoms with E-state index < -0.39 is 0 Å². The molecule has 4 heteroatoms. The summed E-state index contributed by atoms with van der Waals surface area (Å²) in [4.78, 5) is 4.37. The van der Waals surface area contributed by atoms with Crippen molar-refractivity contribution in [1.82, 2.24) is 4.98 Å². The number of nitrogens with zero attached hydrogens (tertiary/aromatic N) is 1. The molecule has 0 saturated heterocycles. The van der Waals surface area contributed by atoms with Crippen molar-refractivity contribution < 1.29 is 4.74 Å². The maximum Gasteiger partial charge on any atom is 0.213 e. The number of hydrogen-bond donors (Lipinski definition) is 2. The Morgan fingerprint density at radius 2 is 2.40 bits per heavy atom. The number of hydrogen-bond acceptors (Lipinski definition) is 4. The van der Waals surface area contributed by atoms with E-state index >= 15 is 0 Å². The molecule has 2 atom stereocenters. The fourth-order valence-electron chi connectivity index (χ4n) is 1.94. The van der Waals surface area contributed by atoms with Crippen LogP contribution in [0.2, 0.25) is 0 Å². The largest absolute Gasteiger partial charge is 0.481 e. The van der Waals surface area contributed by atoms with Crippen LogP contribution < -0.4 is 15.8 Å². The molecule has 2 rings (SSSR count). The maximum absolute atomic E-state index is 6.08. The highest BCUT2D eigenvalue weighted by molar-refractivity contribution is 5.53. The first-order valence-corrected chi connectivity index (χ1v) is 5.31. The van der Waals surface area contributed by atoms with Gasteiger partial charge in [-0.05, 0) is 18.9 Å². The van der Waals surface area contributed by atoms with Crippen molar-refractivity contribution in [3.8, 4) is 5.88 Å². The molecule has 1 aliphatic rings. The van der Waals surface area contributed by atoms with Crippen LogP contribution >= 0.6 is 0 Å². The zero-order valence-corrected chi connectivity index (χ0v) is 9.16. The van der Waals surface area contributed by atoms with E-state index in [1.807, 2.05) is 12.1 Å². The number of pyridine rings is 1. The molecule has 0 saturated carbocycles. The van der Waals surface area contributed by atoms with Crippen LogP contribution in [0.15, 0.2) is 12.1 Å². The molecular formula is C11H17N3O. The quantitative estimate of drug-likeness (QED) is 0.774. The summed E-state index contributed by atoms with van der Waals surface area (Å²) in [5.41, 5.74) is 8.04. The molecule has 82 valence electrons. The number of rotatable bonds is 2. The van der Waals surface area contributed by atoms with Crippen molar-refractivity contribution in [2.24, 2.45) is 5.73 Å². The molecule has 1 aromatic rings. The SMILES string of the molecule is CC[C@@H]1C[C@H](N)c2nc(OC)ccc2N1. The van der Waals surface area contributed by atoms with Gasteiger partial charge in [0.2, 0.25) is 5.88 Å². The highest BCUT2D eigenvalue weighted by Crippen LogP contribution is 2.31. The molecule has 0 spiro atoms. The fraction of sp³-hybridized carbons (Fsp3) is 0.545. The molecule has 0 aliphatic carbocycles. The predicted molar refractivity (Wildman–Crippen MR) is 60.0 cm³/mol. The van der Waals surface area contributed by atoms with Gasteiger partial charge in [-0.1, -0.05) is 6.92 Å². The summed E-state index contributed by atoms with van der Waals surface area (Å²) >= 11 is 0. The minimum absolute atomic E-state index is 0.0151. The van der Waals surface area contributed by atoms with Gasteiger partial charge in [-0.25, -0.2) is 4.98 Å². The number of fused-ring (bicyclic) bond motifs is 1. The van der Waals surface area contributed by atoms with E-state index in [1.165, 1.54) is 0 Å². The van der Waals surface area contributed by atoms with Crippen molar-refractivity contribution in [1.29, 1.82) is 0 Å². The number of nitrogens with two attached hydrogens (primary N) is 1. The normalized spacial score (nSPS) is 24.2. The van der Waals surface area contributed by atoms with Crippen LogP contribution in [0.25, 0.3) is 0 Å². The van der Waals surface area contributed by atoms with Gasteiger partial charge in [0.25, 0.3) is 0 Å². The summed E-state index contributed by atoms with van der Waals surface area (Å²) in [6.07, 6.45) is 2.02. The van der Waals surface area contributed by atoms with Crippen LogP contribution in [-0.4, -0.2) is 18.1 Å². The molecule has 2 heterocycles. The third-order valence-electron chi connectivity index (χ3n) is 2.85. The second kappa shape index (κ2) is 4.06. The molecule has 4 nitrogen and oxygen atoms in total. The van der Waals surface area contributed by atoms with Gasteiger partial charge in [0.15, 0.2) is 0 Å². The molecule has 0 fully saturated rings. The average molecular weight is 207 g/mol. The molecule has 0 bridgehead atoms. The zero-order valence-electron chi connectivity index (χ0n) is 9.16. The number of anilines is 1. The molecule has 0 radical (unpaired) electrons. The third-order valence-corrected chi connectivity index (χ3v) is 2.85. The summed E-state index contributed by atoms with van der Waals surface area (Å²) in [6, 6.07) is 4.32. The van der Waals surface area contributed by atoms with Gasteiger partial charge in [0.1, 0.15) is 0 Å². The van der Waals surface area contributed by atoms with Gasteiger partial charge < -0.3 is 15.8 Å². The Hall–Kier alpha value is -1.29. The van der Waals surface area contributed by atoms with E-state index in [0.29, 0.717) is 11.9 Å². The topological polar surface area (TPSA) is 60.2 Å². The van der Waals surface area contributed by atoms with E-state index in [-0.39, 0.29) is 6.04 Å². The van der Waals surface area contributed by atoms with E-state index in [9.17, 15) is 0 Å². The monoisotopic (exact) mass is 207 g/mol. The van der Waals surface area contributed by atoms with Gasteiger partial charge in [0, 0.05) is 12.1 Å². The van der Waals surface area contributed by atoms with E-state index in [0.717, 1.165) is 24.2 Å². The molecular weight excluding hydrogens is 190 g/mol. The van der Waals surface area contributed by atoms with Crippen LogP contribution in [0.3, 0.4) is 0 Å². The predicted octanol–water partition coefficient (Wildman–Crippen LogP) is 1.68. The first kappa shape index (κ1) is 10.2. The third kappa shape index (κ3) is 1.90. The van der Waals surface area contributed by atoms with Gasteiger partial charge in [-0.15, -0.1) is 0 Å². The fourth-order valence-corrected chi connectivity index (χ4v) is 1.94. The Morgan fingerprint density at radius 1 is 1.60 bits per heavy atom. The average Bonchev–Trinajstić information content (AvgIpc) is 2.28. The standard InChI is InChI=1S/C11H17N3O/c1-3-7-6-8(12)11-9(13-7)4-5-10(14-11)15-2/h4-5,7-8,13H,3,6,12H2,1-2H3/t7-,8+/m1/s1. The lowest BCUT2D eigenvalue weighted by Gasteiger charge is -2.29. The lowest BCUT2D eigenvalue weighted by atomic mass is 9.96. The second-order valence-electron chi connectivity index (χ2n) is 3.88. The molecule has 0 aromatic carbocycles. The lowest BCUT2D eigenvalue weighted by molar-refractivity contribution is 0.392. The van der Waals surface area contributed by atoms with E-state index in [4.69, 9.17) is 10.5 Å². The van der Waals surface area contributed by atoms with Crippen LogP contribution in [-0.2, 0) is 0 Å². The van der Waals surface area contributed by atoms with Crippen molar-refractivity contribution in [2.75, 3.05) is 12.4 Å². The van der Waals surface area contributed by atoms with Gasteiger partial charge in [-0.3, -0.25) is 0 Å². The van der Waals surface area contributed by atoms with Crippen LogP contribution in [0.4, 0.5) is 5.69 Å². The summed E-state index contributed by atoms with van der Waals surface area (Å²) < 4.78 is 5.09. The Labute approximate surface area is 89.8 Å². The van der Waals surface area contributed by atoms with Gasteiger partial charge in [-0.2, -0.15) is 0 Å². The van der Waals surface area contributed by atoms with E-state index in [2.05, 4.69) is 17.2 Å². The van der Waals surface area contributed by atoms with Crippen molar-refractivity contribution in [3.05, 3.63) is 17.8 Å². The van der Waals surface area contributed by atoms with Crippen molar-refractivity contribution >= 4 is 5.69 Å². The van der Waals surface area contributed by atoms with Crippen LogP contribution in [0.1, 0.15) is 31.5 Å². The second-order valence-corrected chi connectivity index (χ2v) is 3.88. The Bertz CT molecular complexity index is 354. The number of ether oxygens (including phenoxy) is 1. The molecule has 3 N–H and O–H groups in total. The minimum atomic E-state index is 0.0151. The Kier molecular flexibility index (Phi) is 2.77. The summed E-state index contributed by atoms with van der Waals surface area (Å²) in [5, 5.41) is 3.43. The number of nitrogens with one attached hydrogen (secondary N) is 1. The van der Waals surface area contributed by atoms with Gasteiger partial charge in [0.05, 0.1) is 24.5 Å². The number of methoxy groups -OCH3 is 1. The van der Waals surface area contributed by atoms with Crippen LogP contribution in [0.5, 0.6) is 5.88 Å². The highest BCUT2D eigenvalue weighted by atomic mass is 16.5. The number of aromatic nitrogens is 1. The summed E-state index contributed by atoms with van der Waals surface area (Å²) in [7, 11) is 1.62. The van der Waals surface area contributed by atoms with Crippen LogP contribution in [0, 0.1) is 0 Å². The molecule has 15 heavy (non-hydrogen) atoms. The highest BCUT2D eigenvalue weighted by Gasteiger charge is 2.24. The zero-order chi connectivity index (χ0) is 10.8. The molecule has 0 unspecified atom stereocenters. The first-order valence-electron chi connectivity index (χ1n) is 5.31. The maximum atomic E-state index is 6.08. The van der Waals surface area contributed by atoms with Gasteiger partial charge >= 0.3 is 0 Å². The molecule has 0 amide bonds. The minimum Gasteiger partial charge on any atom is -0.481 e. The Morgan fingerprint density at radius 3 is 3.07 bits per heavy atom. The Balaban J connectivity index is 2.32. The first-order chi connectivity index (χ1) is 7.24. The molecule has 1 aliphatic heterocycles. The lowest BCUT2D eigenvalue weighted by Crippen LogP contribution is -2.31.